The standard InChI is InChI=1S/C20H19N3O3/c24-19-20(14-9-4-5-10-15(14)21-19)17(13-7-2-1-3-8-13)18(23(25)26)16-11-6-12-22(16)20/h1-5,7-10,16-18H,6,11-12H2,(H,21,24)/t16-,17-,18+,20+/m1/s1. The molecule has 132 valence electrons. The van der Waals surface area contributed by atoms with E-state index in [1.165, 1.54) is 0 Å². The van der Waals surface area contributed by atoms with Crippen LogP contribution in [0.1, 0.15) is 29.9 Å². The van der Waals surface area contributed by atoms with E-state index in [-0.39, 0.29) is 16.9 Å². The molecule has 3 heterocycles. The first kappa shape index (κ1) is 15.5. The minimum Gasteiger partial charge on any atom is -0.324 e. The molecule has 0 aromatic heterocycles. The molecule has 2 fully saturated rings. The van der Waals surface area contributed by atoms with Crippen LogP contribution in [0.25, 0.3) is 0 Å². The number of hydrogen-bond acceptors (Lipinski definition) is 4. The third-order valence-electron chi connectivity index (χ3n) is 6.27. The summed E-state index contributed by atoms with van der Waals surface area (Å²) in [5, 5.41) is 15.1. The second kappa shape index (κ2) is 5.38. The van der Waals surface area contributed by atoms with Crippen molar-refractivity contribution in [3.05, 3.63) is 75.8 Å². The largest absolute Gasteiger partial charge is 0.324 e. The van der Waals surface area contributed by atoms with Crippen molar-refractivity contribution in [2.45, 2.75) is 36.4 Å². The third-order valence-corrected chi connectivity index (χ3v) is 6.27. The zero-order chi connectivity index (χ0) is 17.9. The number of benzene rings is 2. The maximum atomic E-state index is 13.4. The van der Waals surface area contributed by atoms with Crippen LogP contribution in [-0.4, -0.2) is 34.4 Å². The number of amides is 1. The maximum absolute atomic E-state index is 13.4. The Morgan fingerprint density at radius 2 is 1.85 bits per heavy atom. The fourth-order valence-corrected chi connectivity index (χ4v) is 5.45. The van der Waals surface area contributed by atoms with Crippen LogP contribution in [0.2, 0.25) is 0 Å². The van der Waals surface area contributed by atoms with Gasteiger partial charge in [0.15, 0.2) is 0 Å². The van der Waals surface area contributed by atoms with Crippen molar-refractivity contribution >= 4 is 11.6 Å². The SMILES string of the molecule is O=C1Nc2ccccc2[C@]12[C@H](c1ccccc1)[C@@H]([N+](=O)[O-])[C@H]1CCCN12. The maximum Gasteiger partial charge on any atom is 0.250 e. The Labute approximate surface area is 151 Å². The zero-order valence-electron chi connectivity index (χ0n) is 14.2. The van der Waals surface area contributed by atoms with Gasteiger partial charge in [-0.25, -0.2) is 0 Å². The Hall–Kier alpha value is -2.73. The smallest absolute Gasteiger partial charge is 0.250 e. The van der Waals surface area contributed by atoms with E-state index in [1.807, 2.05) is 54.6 Å². The predicted molar refractivity (Wildman–Crippen MR) is 96.4 cm³/mol. The monoisotopic (exact) mass is 349 g/mol. The van der Waals surface area contributed by atoms with Crippen LogP contribution in [0.3, 0.4) is 0 Å². The number of hydrogen-bond donors (Lipinski definition) is 1. The van der Waals surface area contributed by atoms with E-state index in [9.17, 15) is 14.9 Å². The van der Waals surface area contributed by atoms with Crippen LogP contribution in [0.4, 0.5) is 5.69 Å². The molecular weight excluding hydrogens is 330 g/mol. The quantitative estimate of drug-likeness (QED) is 0.668. The Morgan fingerprint density at radius 1 is 1.12 bits per heavy atom. The van der Waals surface area contributed by atoms with Gasteiger partial charge in [-0.05, 0) is 24.5 Å². The molecule has 1 amide bonds. The highest BCUT2D eigenvalue weighted by molar-refractivity contribution is 6.07. The van der Waals surface area contributed by atoms with Crippen LogP contribution in [0.15, 0.2) is 54.6 Å². The summed E-state index contributed by atoms with van der Waals surface area (Å²) in [6.45, 7) is 0.708. The summed E-state index contributed by atoms with van der Waals surface area (Å²) < 4.78 is 0. The van der Waals surface area contributed by atoms with Crippen molar-refractivity contribution in [3.8, 4) is 0 Å². The molecule has 1 spiro atoms. The number of nitrogens with one attached hydrogen (secondary N) is 1. The fourth-order valence-electron chi connectivity index (χ4n) is 5.45. The van der Waals surface area contributed by atoms with Crippen molar-refractivity contribution in [2.24, 2.45) is 0 Å². The van der Waals surface area contributed by atoms with Crippen molar-refractivity contribution in [3.63, 3.8) is 0 Å². The number of carbonyl (C=O) groups is 1. The Kier molecular flexibility index (Phi) is 3.21. The van der Waals surface area contributed by atoms with Gasteiger partial charge in [0, 0.05) is 22.7 Å². The number of para-hydroxylation sites is 1. The Morgan fingerprint density at radius 3 is 2.62 bits per heavy atom. The molecule has 2 aromatic carbocycles. The normalized spacial score (nSPS) is 32.5. The van der Waals surface area contributed by atoms with Gasteiger partial charge < -0.3 is 5.32 Å². The molecule has 26 heavy (non-hydrogen) atoms. The van der Waals surface area contributed by atoms with Gasteiger partial charge in [-0.15, -0.1) is 0 Å². The summed E-state index contributed by atoms with van der Waals surface area (Å²) in [5.74, 6) is -0.642. The first-order valence-electron chi connectivity index (χ1n) is 9.02. The molecule has 1 N–H and O–H groups in total. The summed E-state index contributed by atoms with van der Waals surface area (Å²) >= 11 is 0. The van der Waals surface area contributed by atoms with Crippen LogP contribution < -0.4 is 5.32 Å². The van der Waals surface area contributed by atoms with Gasteiger partial charge in [-0.2, -0.15) is 0 Å². The molecular formula is C20H19N3O3. The van der Waals surface area contributed by atoms with Crippen LogP contribution in [0, 0.1) is 10.1 Å². The number of nitrogens with zero attached hydrogens (tertiary/aromatic N) is 2. The van der Waals surface area contributed by atoms with Gasteiger partial charge in [-0.1, -0.05) is 48.5 Å². The van der Waals surface area contributed by atoms with Gasteiger partial charge in [0.25, 0.3) is 5.91 Å². The van der Waals surface area contributed by atoms with Gasteiger partial charge in [0.05, 0.1) is 12.0 Å². The van der Waals surface area contributed by atoms with Gasteiger partial charge >= 0.3 is 0 Å². The van der Waals surface area contributed by atoms with E-state index >= 15 is 0 Å². The van der Waals surface area contributed by atoms with E-state index in [4.69, 9.17) is 0 Å². The molecule has 2 aromatic rings. The summed E-state index contributed by atoms with van der Waals surface area (Å²) in [7, 11) is 0. The summed E-state index contributed by atoms with van der Waals surface area (Å²) in [4.78, 5) is 27.5. The number of nitro groups is 1. The van der Waals surface area contributed by atoms with E-state index in [2.05, 4.69) is 10.2 Å². The van der Waals surface area contributed by atoms with Crippen LogP contribution in [-0.2, 0) is 10.3 Å². The number of rotatable bonds is 2. The molecule has 3 aliphatic heterocycles. The number of anilines is 1. The highest BCUT2D eigenvalue weighted by Gasteiger charge is 2.71. The van der Waals surface area contributed by atoms with Gasteiger partial charge in [0.2, 0.25) is 6.04 Å². The van der Waals surface area contributed by atoms with Crippen molar-refractivity contribution in [1.82, 2.24) is 4.90 Å². The van der Waals surface area contributed by atoms with E-state index in [1.54, 1.807) is 0 Å². The molecule has 2 saturated heterocycles. The summed E-state index contributed by atoms with van der Waals surface area (Å²) in [6, 6.07) is 16.1. The highest BCUT2D eigenvalue weighted by Crippen LogP contribution is 2.59. The fraction of sp³-hybridized carbons (Fsp3) is 0.350. The van der Waals surface area contributed by atoms with Crippen molar-refractivity contribution in [2.75, 3.05) is 11.9 Å². The van der Waals surface area contributed by atoms with Gasteiger partial charge in [-0.3, -0.25) is 19.8 Å². The number of fused-ring (bicyclic) bond motifs is 4. The minimum absolute atomic E-state index is 0.135. The molecule has 0 saturated carbocycles. The van der Waals surface area contributed by atoms with Crippen molar-refractivity contribution < 1.29 is 9.72 Å². The molecule has 0 bridgehead atoms. The lowest BCUT2D eigenvalue weighted by Gasteiger charge is -2.36. The van der Waals surface area contributed by atoms with Gasteiger partial charge in [0.1, 0.15) is 5.54 Å². The summed E-state index contributed by atoms with van der Waals surface area (Å²) in [5.41, 5.74) is 1.50. The lowest BCUT2D eigenvalue weighted by molar-refractivity contribution is -0.527. The average Bonchev–Trinajstić information content (AvgIpc) is 3.29. The van der Waals surface area contributed by atoms with Crippen molar-refractivity contribution in [1.29, 1.82) is 0 Å². The number of carbonyl (C=O) groups excluding carboxylic acids is 1. The first-order valence-corrected chi connectivity index (χ1v) is 9.02. The summed E-state index contributed by atoms with van der Waals surface area (Å²) in [6.07, 6.45) is 1.64. The lowest BCUT2D eigenvalue weighted by Crippen LogP contribution is -2.50. The second-order valence-electron chi connectivity index (χ2n) is 7.33. The third kappa shape index (κ3) is 1.77. The second-order valence-corrected chi connectivity index (χ2v) is 7.33. The van der Waals surface area contributed by atoms with E-state index in [0.717, 1.165) is 29.7 Å². The van der Waals surface area contributed by atoms with E-state index in [0.29, 0.717) is 6.54 Å². The Balaban J connectivity index is 1.81. The molecule has 6 nitrogen and oxygen atoms in total. The first-order chi connectivity index (χ1) is 12.7. The highest BCUT2D eigenvalue weighted by atomic mass is 16.6. The predicted octanol–water partition coefficient (Wildman–Crippen LogP) is 2.74. The molecule has 6 heteroatoms. The minimum atomic E-state index is -1.00. The molecule has 0 radical (unpaired) electrons. The van der Waals surface area contributed by atoms with Crippen LogP contribution >= 0.6 is 0 Å². The molecule has 0 unspecified atom stereocenters. The average molecular weight is 349 g/mol. The molecule has 5 rings (SSSR count). The zero-order valence-corrected chi connectivity index (χ0v) is 14.2. The molecule has 0 aliphatic carbocycles. The Bertz CT molecular complexity index is 900. The van der Waals surface area contributed by atoms with Crippen LogP contribution in [0.5, 0.6) is 0 Å². The molecule has 3 aliphatic rings. The topological polar surface area (TPSA) is 75.5 Å². The lowest BCUT2D eigenvalue weighted by atomic mass is 9.73. The molecule has 4 atom stereocenters. The van der Waals surface area contributed by atoms with E-state index < -0.39 is 17.5 Å².